The van der Waals surface area contributed by atoms with Crippen molar-refractivity contribution in [2.75, 3.05) is 7.11 Å². The van der Waals surface area contributed by atoms with E-state index in [4.69, 9.17) is 4.74 Å². The molecular formula is C16H24O2. The second-order valence-corrected chi connectivity index (χ2v) is 6.22. The predicted octanol–water partition coefficient (Wildman–Crippen LogP) is 3.95. The molecule has 1 unspecified atom stereocenters. The van der Waals surface area contributed by atoms with E-state index in [-0.39, 0.29) is 6.10 Å². The Morgan fingerprint density at radius 3 is 2.56 bits per heavy atom. The quantitative estimate of drug-likeness (QED) is 0.877. The van der Waals surface area contributed by atoms with Gasteiger partial charge in [0.05, 0.1) is 13.2 Å². The highest BCUT2D eigenvalue weighted by Crippen LogP contribution is 2.42. The molecule has 1 saturated carbocycles. The molecule has 100 valence electrons. The molecule has 0 aliphatic heterocycles. The van der Waals surface area contributed by atoms with E-state index >= 15 is 0 Å². The molecule has 1 aromatic carbocycles. The molecule has 2 rings (SSSR count). The van der Waals surface area contributed by atoms with Crippen molar-refractivity contribution in [3.8, 4) is 5.75 Å². The van der Waals surface area contributed by atoms with E-state index in [0.717, 1.165) is 24.2 Å². The Hall–Kier alpha value is -1.02. The van der Waals surface area contributed by atoms with Crippen LogP contribution in [0.5, 0.6) is 5.75 Å². The van der Waals surface area contributed by atoms with E-state index in [9.17, 15) is 5.11 Å². The molecule has 0 bridgehead atoms. The van der Waals surface area contributed by atoms with Crippen LogP contribution in [0, 0.1) is 11.3 Å². The number of rotatable bonds is 3. The van der Waals surface area contributed by atoms with Crippen LogP contribution >= 0.6 is 0 Å². The lowest BCUT2D eigenvalue weighted by Gasteiger charge is -2.36. The van der Waals surface area contributed by atoms with Crippen LogP contribution < -0.4 is 4.74 Å². The van der Waals surface area contributed by atoms with Gasteiger partial charge in [-0.1, -0.05) is 26.0 Å². The third-order valence-electron chi connectivity index (χ3n) is 4.27. The smallest absolute Gasteiger partial charge is 0.119 e. The SMILES string of the molecule is COc1cccc(C(O)C2CCC(C)(C)CC2)c1. The Morgan fingerprint density at radius 1 is 1.28 bits per heavy atom. The summed E-state index contributed by atoms with van der Waals surface area (Å²) in [5.41, 5.74) is 1.43. The summed E-state index contributed by atoms with van der Waals surface area (Å²) < 4.78 is 5.21. The largest absolute Gasteiger partial charge is 0.497 e. The summed E-state index contributed by atoms with van der Waals surface area (Å²) in [6, 6.07) is 7.81. The minimum absolute atomic E-state index is 0.351. The van der Waals surface area contributed by atoms with Crippen LogP contribution in [0.25, 0.3) is 0 Å². The van der Waals surface area contributed by atoms with Crippen molar-refractivity contribution in [3.63, 3.8) is 0 Å². The van der Waals surface area contributed by atoms with Crippen LogP contribution in [0.1, 0.15) is 51.2 Å². The highest BCUT2D eigenvalue weighted by Gasteiger charge is 2.31. The van der Waals surface area contributed by atoms with Crippen molar-refractivity contribution in [1.29, 1.82) is 0 Å². The van der Waals surface area contributed by atoms with E-state index < -0.39 is 0 Å². The van der Waals surface area contributed by atoms with Gasteiger partial charge in [0.25, 0.3) is 0 Å². The van der Waals surface area contributed by atoms with Gasteiger partial charge in [0.15, 0.2) is 0 Å². The fraction of sp³-hybridized carbons (Fsp3) is 0.625. The first-order chi connectivity index (χ1) is 8.52. The van der Waals surface area contributed by atoms with E-state index in [1.807, 2.05) is 24.3 Å². The number of aliphatic hydroxyl groups excluding tert-OH is 1. The molecule has 1 N–H and O–H groups in total. The van der Waals surface area contributed by atoms with Crippen LogP contribution in [0.3, 0.4) is 0 Å². The highest BCUT2D eigenvalue weighted by molar-refractivity contribution is 5.30. The summed E-state index contributed by atoms with van der Waals surface area (Å²) in [6.45, 7) is 4.64. The molecule has 0 aromatic heterocycles. The van der Waals surface area contributed by atoms with Gasteiger partial charge >= 0.3 is 0 Å². The van der Waals surface area contributed by atoms with E-state index in [2.05, 4.69) is 13.8 Å². The average Bonchev–Trinajstić information content (AvgIpc) is 2.38. The molecule has 18 heavy (non-hydrogen) atoms. The number of aliphatic hydroxyl groups is 1. The maximum atomic E-state index is 10.5. The molecule has 0 radical (unpaired) electrons. The first-order valence-electron chi connectivity index (χ1n) is 6.84. The van der Waals surface area contributed by atoms with Crippen molar-refractivity contribution in [2.45, 2.75) is 45.6 Å². The lowest BCUT2D eigenvalue weighted by atomic mass is 9.71. The van der Waals surface area contributed by atoms with Crippen LogP contribution in [-0.2, 0) is 0 Å². The Balaban J connectivity index is 2.05. The van der Waals surface area contributed by atoms with Crippen molar-refractivity contribution >= 4 is 0 Å². The highest BCUT2D eigenvalue weighted by atomic mass is 16.5. The Bertz CT molecular complexity index is 388. The first kappa shape index (κ1) is 13.4. The zero-order valence-electron chi connectivity index (χ0n) is 11.6. The van der Waals surface area contributed by atoms with E-state index in [1.54, 1.807) is 7.11 Å². The van der Waals surface area contributed by atoms with Gasteiger partial charge in [0, 0.05) is 0 Å². The Kier molecular flexibility index (Phi) is 3.96. The minimum atomic E-state index is -0.351. The van der Waals surface area contributed by atoms with Crippen molar-refractivity contribution < 1.29 is 9.84 Å². The van der Waals surface area contributed by atoms with E-state index in [1.165, 1.54) is 12.8 Å². The van der Waals surface area contributed by atoms with Crippen molar-refractivity contribution in [1.82, 2.24) is 0 Å². The van der Waals surface area contributed by atoms with E-state index in [0.29, 0.717) is 11.3 Å². The fourth-order valence-corrected chi connectivity index (χ4v) is 2.83. The maximum absolute atomic E-state index is 10.5. The third-order valence-corrected chi connectivity index (χ3v) is 4.27. The standard InChI is InChI=1S/C16H24O2/c1-16(2)9-7-12(8-10-16)15(17)13-5-4-6-14(11-13)18-3/h4-6,11-12,15,17H,7-10H2,1-3H3. The van der Waals surface area contributed by atoms with Gasteiger partial charge in [-0.15, -0.1) is 0 Å². The number of ether oxygens (including phenoxy) is 1. The monoisotopic (exact) mass is 248 g/mol. The lowest BCUT2D eigenvalue weighted by Crippen LogP contribution is -2.25. The zero-order valence-corrected chi connectivity index (χ0v) is 11.6. The summed E-state index contributed by atoms with van der Waals surface area (Å²) in [5, 5.41) is 10.5. The number of hydrogen-bond donors (Lipinski definition) is 1. The number of hydrogen-bond acceptors (Lipinski definition) is 2. The molecule has 2 heteroatoms. The van der Waals surface area contributed by atoms with Crippen LogP contribution in [0.2, 0.25) is 0 Å². The molecule has 0 amide bonds. The third kappa shape index (κ3) is 3.05. The molecular weight excluding hydrogens is 224 g/mol. The predicted molar refractivity (Wildman–Crippen MR) is 73.7 cm³/mol. The molecule has 1 fully saturated rings. The van der Waals surface area contributed by atoms with Gasteiger partial charge < -0.3 is 9.84 Å². The maximum Gasteiger partial charge on any atom is 0.119 e. The normalized spacial score (nSPS) is 21.6. The minimum Gasteiger partial charge on any atom is -0.497 e. The molecule has 0 saturated heterocycles. The Labute approximate surface area is 110 Å². The summed E-state index contributed by atoms with van der Waals surface area (Å²) in [6.07, 6.45) is 4.30. The second-order valence-electron chi connectivity index (χ2n) is 6.22. The number of methoxy groups -OCH3 is 1. The molecule has 1 aliphatic rings. The molecule has 0 spiro atoms. The van der Waals surface area contributed by atoms with Gasteiger partial charge in [-0.3, -0.25) is 0 Å². The zero-order chi connectivity index (χ0) is 13.2. The van der Waals surface area contributed by atoms with Gasteiger partial charge in [0.2, 0.25) is 0 Å². The summed E-state index contributed by atoms with van der Waals surface area (Å²) in [5.74, 6) is 1.22. The summed E-state index contributed by atoms with van der Waals surface area (Å²) in [4.78, 5) is 0. The van der Waals surface area contributed by atoms with Gasteiger partial charge in [-0.2, -0.15) is 0 Å². The molecule has 1 aliphatic carbocycles. The molecule has 1 atom stereocenters. The van der Waals surface area contributed by atoms with Crippen LogP contribution in [0.15, 0.2) is 24.3 Å². The lowest BCUT2D eigenvalue weighted by molar-refractivity contribution is 0.0566. The second kappa shape index (κ2) is 5.31. The average molecular weight is 248 g/mol. The topological polar surface area (TPSA) is 29.5 Å². The van der Waals surface area contributed by atoms with Gasteiger partial charge in [-0.05, 0) is 54.7 Å². The molecule has 2 nitrogen and oxygen atoms in total. The number of benzene rings is 1. The molecule has 0 heterocycles. The first-order valence-corrected chi connectivity index (χ1v) is 6.84. The van der Waals surface area contributed by atoms with Gasteiger partial charge in [-0.25, -0.2) is 0 Å². The Morgan fingerprint density at radius 2 is 1.94 bits per heavy atom. The van der Waals surface area contributed by atoms with Gasteiger partial charge in [0.1, 0.15) is 5.75 Å². The van der Waals surface area contributed by atoms with Crippen LogP contribution in [-0.4, -0.2) is 12.2 Å². The molecule has 1 aromatic rings. The fourth-order valence-electron chi connectivity index (χ4n) is 2.83. The summed E-state index contributed by atoms with van der Waals surface area (Å²) in [7, 11) is 1.66. The van der Waals surface area contributed by atoms with Crippen LogP contribution in [0.4, 0.5) is 0 Å². The summed E-state index contributed by atoms with van der Waals surface area (Å²) >= 11 is 0. The van der Waals surface area contributed by atoms with Crippen molar-refractivity contribution in [2.24, 2.45) is 11.3 Å². The van der Waals surface area contributed by atoms with Crippen molar-refractivity contribution in [3.05, 3.63) is 29.8 Å².